The summed E-state index contributed by atoms with van der Waals surface area (Å²) < 4.78 is 4.84. The summed E-state index contributed by atoms with van der Waals surface area (Å²) in [5, 5.41) is 5.94. The van der Waals surface area contributed by atoms with Crippen molar-refractivity contribution in [1.29, 1.82) is 0 Å². The number of methoxy groups -OCH3 is 1. The van der Waals surface area contributed by atoms with E-state index < -0.39 is 12.0 Å². The lowest BCUT2D eigenvalue weighted by Crippen LogP contribution is -2.42. The lowest BCUT2D eigenvalue weighted by Gasteiger charge is -2.18. The average Bonchev–Trinajstić information content (AvgIpc) is 2.71. The number of nitrogens with one attached hydrogen (secondary N) is 2. The molecule has 0 aliphatic heterocycles. The highest BCUT2D eigenvalue weighted by molar-refractivity contribution is 7.98. The van der Waals surface area contributed by atoms with Gasteiger partial charge in [-0.05, 0) is 54.2 Å². The molecule has 27 heavy (non-hydrogen) atoms. The lowest BCUT2D eigenvalue weighted by atomic mass is 9.98. The minimum Gasteiger partial charge on any atom is -0.467 e. The van der Waals surface area contributed by atoms with Gasteiger partial charge in [0.05, 0.1) is 7.11 Å². The third-order valence-electron chi connectivity index (χ3n) is 4.28. The summed E-state index contributed by atoms with van der Waals surface area (Å²) in [6.45, 7) is 0. The molecule has 144 valence electrons. The molecular formula is C21H26N2O3S. The molecule has 0 bridgehead atoms. The summed E-state index contributed by atoms with van der Waals surface area (Å²) in [4.78, 5) is 24.9. The zero-order valence-electron chi connectivity index (χ0n) is 16.0. The molecule has 0 saturated heterocycles. The summed E-state index contributed by atoms with van der Waals surface area (Å²) in [6, 6.07) is 15.0. The Morgan fingerprint density at radius 3 is 2.52 bits per heavy atom. The van der Waals surface area contributed by atoms with Crippen molar-refractivity contribution in [2.75, 3.05) is 31.5 Å². The number of anilines is 1. The average molecular weight is 387 g/mol. The van der Waals surface area contributed by atoms with Gasteiger partial charge in [0.25, 0.3) is 5.91 Å². The molecule has 0 heterocycles. The molecule has 0 aliphatic rings. The van der Waals surface area contributed by atoms with Gasteiger partial charge in [-0.15, -0.1) is 0 Å². The van der Waals surface area contributed by atoms with E-state index in [0.29, 0.717) is 18.4 Å². The van der Waals surface area contributed by atoms with Crippen LogP contribution < -0.4 is 10.6 Å². The van der Waals surface area contributed by atoms with Crippen LogP contribution >= 0.6 is 11.8 Å². The summed E-state index contributed by atoms with van der Waals surface area (Å²) in [5.41, 5.74) is 3.52. The van der Waals surface area contributed by atoms with Crippen LogP contribution in [0.4, 0.5) is 5.69 Å². The first-order valence-corrected chi connectivity index (χ1v) is 10.2. The molecule has 1 atom stereocenters. The second kappa shape index (κ2) is 10.6. The Kier molecular flexibility index (Phi) is 8.20. The minimum atomic E-state index is -0.650. The molecule has 5 nitrogen and oxygen atoms in total. The largest absolute Gasteiger partial charge is 0.467 e. The van der Waals surface area contributed by atoms with Crippen molar-refractivity contribution < 1.29 is 14.3 Å². The number of ether oxygens (including phenoxy) is 1. The second-order valence-electron chi connectivity index (χ2n) is 6.11. The predicted molar refractivity (Wildman–Crippen MR) is 112 cm³/mol. The zero-order valence-corrected chi connectivity index (χ0v) is 16.8. The van der Waals surface area contributed by atoms with E-state index in [2.05, 4.69) is 10.6 Å². The first-order chi connectivity index (χ1) is 13.1. The third-order valence-corrected chi connectivity index (χ3v) is 4.92. The van der Waals surface area contributed by atoms with Crippen LogP contribution in [0.3, 0.4) is 0 Å². The van der Waals surface area contributed by atoms with Gasteiger partial charge in [0.1, 0.15) is 6.04 Å². The van der Waals surface area contributed by atoms with Crippen LogP contribution in [0.1, 0.15) is 27.9 Å². The van der Waals surface area contributed by atoms with Crippen LogP contribution in [0.15, 0.2) is 48.5 Å². The number of thioether (sulfide) groups is 1. The molecule has 6 heteroatoms. The smallest absolute Gasteiger partial charge is 0.328 e. The van der Waals surface area contributed by atoms with Gasteiger partial charge in [0.2, 0.25) is 0 Å². The molecule has 2 aromatic carbocycles. The standard InChI is InChI=1S/C21H26N2O3S/c1-22-17-9-10-18(16(14-17)13-15-7-5-4-6-8-15)20(24)23-19(11-12-27-3)21(25)26-2/h4-10,14,19,22H,11-13H2,1-3H3,(H,23,24). The molecule has 0 aromatic heterocycles. The van der Waals surface area contributed by atoms with Gasteiger partial charge in [-0.3, -0.25) is 4.79 Å². The Balaban J connectivity index is 2.26. The Morgan fingerprint density at radius 1 is 1.15 bits per heavy atom. The molecule has 2 rings (SSSR count). The highest BCUT2D eigenvalue weighted by Gasteiger charge is 2.23. The molecule has 0 radical (unpaired) electrons. The summed E-state index contributed by atoms with van der Waals surface area (Å²) >= 11 is 1.62. The maximum Gasteiger partial charge on any atom is 0.328 e. The lowest BCUT2D eigenvalue weighted by molar-refractivity contribution is -0.142. The van der Waals surface area contributed by atoms with Crippen molar-refractivity contribution in [3.63, 3.8) is 0 Å². The quantitative estimate of drug-likeness (QED) is 0.647. The van der Waals surface area contributed by atoms with E-state index in [9.17, 15) is 9.59 Å². The molecule has 1 amide bonds. The van der Waals surface area contributed by atoms with Crippen LogP contribution in [-0.4, -0.2) is 44.1 Å². The zero-order chi connectivity index (χ0) is 19.6. The van der Waals surface area contributed by atoms with Crippen molar-refractivity contribution in [3.05, 3.63) is 65.2 Å². The van der Waals surface area contributed by atoms with E-state index >= 15 is 0 Å². The fourth-order valence-corrected chi connectivity index (χ4v) is 3.27. The van der Waals surface area contributed by atoms with Crippen molar-refractivity contribution in [3.8, 4) is 0 Å². The van der Waals surface area contributed by atoms with Crippen LogP contribution in [0.2, 0.25) is 0 Å². The van der Waals surface area contributed by atoms with Gasteiger partial charge < -0.3 is 15.4 Å². The second-order valence-corrected chi connectivity index (χ2v) is 7.10. The van der Waals surface area contributed by atoms with Gasteiger partial charge in [-0.25, -0.2) is 4.79 Å². The number of esters is 1. The molecule has 0 aliphatic carbocycles. The predicted octanol–water partition coefficient (Wildman–Crippen LogP) is 3.34. The van der Waals surface area contributed by atoms with E-state index in [1.807, 2.05) is 55.8 Å². The van der Waals surface area contributed by atoms with Crippen LogP contribution in [0.5, 0.6) is 0 Å². The number of benzene rings is 2. The molecule has 0 spiro atoms. The Hall–Kier alpha value is -2.47. The normalized spacial score (nSPS) is 11.5. The number of carbonyl (C=O) groups is 2. The molecule has 2 N–H and O–H groups in total. The Labute approximate surface area is 164 Å². The van der Waals surface area contributed by atoms with Crippen LogP contribution in [-0.2, 0) is 16.0 Å². The van der Waals surface area contributed by atoms with Crippen molar-refractivity contribution in [2.24, 2.45) is 0 Å². The summed E-state index contributed by atoms with van der Waals surface area (Å²) in [5.74, 6) is 0.0734. The molecule has 1 unspecified atom stereocenters. The number of amides is 1. The van der Waals surface area contributed by atoms with Crippen molar-refractivity contribution >= 4 is 29.3 Å². The highest BCUT2D eigenvalue weighted by atomic mass is 32.2. The van der Waals surface area contributed by atoms with E-state index in [0.717, 1.165) is 22.6 Å². The van der Waals surface area contributed by atoms with Gasteiger partial charge >= 0.3 is 5.97 Å². The molecule has 0 saturated carbocycles. The van der Waals surface area contributed by atoms with Crippen LogP contribution in [0.25, 0.3) is 0 Å². The van der Waals surface area contributed by atoms with E-state index in [1.165, 1.54) is 7.11 Å². The van der Waals surface area contributed by atoms with Gasteiger partial charge in [-0.1, -0.05) is 30.3 Å². The molecule has 0 fully saturated rings. The first-order valence-electron chi connectivity index (χ1n) is 8.81. The van der Waals surface area contributed by atoms with Gasteiger partial charge in [0.15, 0.2) is 0 Å². The molecule has 2 aromatic rings. The fourth-order valence-electron chi connectivity index (χ4n) is 2.80. The van der Waals surface area contributed by atoms with Gasteiger partial charge in [-0.2, -0.15) is 11.8 Å². The molecular weight excluding hydrogens is 360 g/mol. The van der Waals surface area contributed by atoms with E-state index in [4.69, 9.17) is 4.74 Å². The summed E-state index contributed by atoms with van der Waals surface area (Å²) in [6.07, 6.45) is 3.12. The van der Waals surface area contributed by atoms with E-state index in [1.54, 1.807) is 17.8 Å². The topological polar surface area (TPSA) is 67.4 Å². The number of carbonyl (C=O) groups excluding carboxylic acids is 2. The number of rotatable bonds is 9. The van der Waals surface area contributed by atoms with Crippen molar-refractivity contribution in [1.82, 2.24) is 5.32 Å². The van der Waals surface area contributed by atoms with Crippen LogP contribution in [0, 0.1) is 0 Å². The Morgan fingerprint density at radius 2 is 1.89 bits per heavy atom. The number of hydrogen-bond donors (Lipinski definition) is 2. The number of hydrogen-bond acceptors (Lipinski definition) is 5. The minimum absolute atomic E-state index is 0.264. The Bertz CT molecular complexity index is 765. The van der Waals surface area contributed by atoms with E-state index in [-0.39, 0.29) is 5.91 Å². The highest BCUT2D eigenvalue weighted by Crippen LogP contribution is 2.20. The fraction of sp³-hybridized carbons (Fsp3) is 0.333. The SMILES string of the molecule is CNc1ccc(C(=O)NC(CCSC)C(=O)OC)c(Cc2ccccc2)c1. The van der Waals surface area contributed by atoms with Gasteiger partial charge in [0, 0.05) is 18.3 Å². The van der Waals surface area contributed by atoms with Crippen molar-refractivity contribution in [2.45, 2.75) is 18.9 Å². The third kappa shape index (κ3) is 6.03. The monoisotopic (exact) mass is 386 g/mol. The summed E-state index contributed by atoms with van der Waals surface area (Å²) in [7, 11) is 3.18. The maximum absolute atomic E-state index is 12.9. The first kappa shape index (κ1) is 20.8. The maximum atomic E-state index is 12.9.